The van der Waals surface area contributed by atoms with Gasteiger partial charge in [0.2, 0.25) is 0 Å². The minimum atomic E-state index is 0.872. The van der Waals surface area contributed by atoms with E-state index in [1.807, 2.05) is 19.3 Å². The van der Waals surface area contributed by atoms with Gasteiger partial charge in [0.05, 0.1) is 0 Å². The maximum Gasteiger partial charge on any atom is 0.102 e. The van der Waals surface area contributed by atoms with Crippen LogP contribution in [-0.2, 0) is 0 Å². The lowest BCUT2D eigenvalue weighted by atomic mass is 10.3. The van der Waals surface area contributed by atoms with E-state index in [0.29, 0.717) is 0 Å². The van der Waals surface area contributed by atoms with E-state index in [2.05, 4.69) is 23.4 Å². The fourth-order valence-corrected chi connectivity index (χ4v) is 1.27. The Morgan fingerprint density at radius 3 is 2.86 bits per heavy atom. The largest absolute Gasteiger partial charge is 0.343 e. The van der Waals surface area contributed by atoms with E-state index in [-0.39, 0.29) is 0 Å². The summed E-state index contributed by atoms with van der Waals surface area (Å²) in [7, 11) is 1.86. The van der Waals surface area contributed by atoms with Crippen LogP contribution in [0, 0.1) is 0 Å². The van der Waals surface area contributed by atoms with Gasteiger partial charge >= 0.3 is 0 Å². The normalized spacial score (nSPS) is 16.4. The highest BCUT2D eigenvalue weighted by molar-refractivity contribution is 5.23. The van der Waals surface area contributed by atoms with Crippen molar-refractivity contribution in [2.45, 2.75) is 6.42 Å². The molecule has 0 spiro atoms. The van der Waals surface area contributed by atoms with Gasteiger partial charge in [-0.05, 0) is 12.5 Å². The van der Waals surface area contributed by atoms with Crippen molar-refractivity contribution >= 4 is 0 Å². The minimum absolute atomic E-state index is 0.872. The molecule has 1 rings (SSSR count). The van der Waals surface area contributed by atoms with Crippen LogP contribution in [0.25, 0.3) is 0 Å². The predicted molar refractivity (Wildman–Crippen MR) is 58.7 cm³/mol. The molecule has 0 saturated heterocycles. The summed E-state index contributed by atoms with van der Waals surface area (Å²) in [5.74, 6) is 6.38. The Bertz CT molecular complexity index is 255. The van der Waals surface area contributed by atoms with Gasteiger partial charge in [-0.1, -0.05) is 13.2 Å². The van der Waals surface area contributed by atoms with Crippen molar-refractivity contribution in [1.29, 1.82) is 0 Å². The highest BCUT2D eigenvalue weighted by Crippen LogP contribution is 2.09. The Hall–Kier alpha value is -1.26. The van der Waals surface area contributed by atoms with Crippen LogP contribution < -0.4 is 11.2 Å². The van der Waals surface area contributed by atoms with Gasteiger partial charge in [-0.3, -0.25) is 10.9 Å². The molecule has 0 aromatic heterocycles. The molecule has 1 aliphatic rings. The van der Waals surface area contributed by atoms with E-state index in [9.17, 15) is 0 Å². The number of hydrogen-bond acceptors (Lipinski definition) is 4. The molecule has 0 aromatic carbocycles. The van der Waals surface area contributed by atoms with Gasteiger partial charge in [0, 0.05) is 32.0 Å². The summed E-state index contributed by atoms with van der Waals surface area (Å²) in [5, 5.41) is 4.76. The summed E-state index contributed by atoms with van der Waals surface area (Å²) in [6.07, 6.45) is 4.92. The molecule has 3 N–H and O–H groups in total. The second-order valence-corrected chi connectivity index (χ2v) is 3.44. The molecule has 4 nitrogen and oxygen atoms in total. The molecular formula is C10H18N4. The van der Waals surface area contributed by atoms with E-state index in [1.165, 1.54) is 0 Å². The summed E-state index contributed by atoms with van der Waals surface area (Å²) in [4.78, 5) is 2.05. The Morgan fingerprint density at radius 2 is 2.29 bits per heavy atom. The van der Waals surface area contributed by atoms with Crippen LogP contribution in [0.2, 0.25) is 0 Å². The van der Waals surface area contributed by atoms with E-state index in [0.717, 1.165) is 31.0 Å². The zero-order valence-corrected chi connectivity index (χ0v) is 8.66. The van der Waals surface area contributed by atoms with E-state index < -0.39 is 0 Å². The highest BCUT2D eigenvalue weighted by Gasteiger charge is 2.08. The molecule has 0 amide bonds. The van der Waals surface area contributed by atoms with Gasteiger partial charge in [-0.25, -0.2) is 0 Å². The Balaban J connectivity index is 2.34. The van der Waals surface area contributed by atoms with E-state index in [1.54, 1.807) is 5.01 Å². The zero-order chi connectivity index (χ0) is 10.6. The minimum Gasteiger partial charge on any atom is -0.343 e. The van der Waals surface area contributed by atoms with Crippen LogP contribution in [-0.4, -0.2) is 30.0 Å². The first-order chi connectivity index (χ1) is 6.59. The number of hydrazine groups is 1. The van der Waals surface area contributed by atoms with Crippen molar-refractivity contribution in [2.75, 3.05) is 20.1 Å². The third-order valence-electron chi connectivity index (χ3n) is 2.02. The molecule has 0 bridgehead atoms. The van der Waals surface area contributed by atoms with Gasteiger partial charge in [0.25, 0.3) is 0 Å². The van der Waals surface area contributed by atoms with Crippen LogP contribution in [0.3, 0.4) is 0 Å². The Labute approximate surface area is 85.3 Å². The second-order valence-electron chi connectivity index (χ2n) is 3.44. The Kier molecular flexibility index (Phi) is 3.73. The van der Waals surface area contributed by atoms with Crippen molar-refractivity contribution in [2.24, 2.45) is 5.84 Å². The third kappa shape index (κ3) is 3.24. The molecule has 0 radical (unpaired) electrons. The predicted octanol–water partition coefficient (Wildman–Crippen LogP) is 0.586. The van der Waals surface area contributed by atoms with Gasteiger partial charge < -0.3 is 10.2 Å². The first-order valence-electron chi connectivity index (χ1n) is 4.65. The van der Waals surface area contributed by atoms with Gasteiger partial charge in [0.15, 0.2) is 0 Å². The second kappa shape index (κ2) is 4.83. The summed E-state index contributed by atoms with van der Waals surface area (Å²) in [6.45, 7) is 9.48. The molecule has 0 aliphatic carbocycles. The maximum absolute atomic E-state index is 5.51. The average Bonchev–Trinajstić information content (AvgIpc) is 2.08. The highest BCUT2D eigenvalue weighted by atomic mass is 15.4. The SMILES string of the molecule is C=C1C=CN(CCCN(C)N)C(=C)N1. The van der Waals surface area contributed by atoms with Crippen LogP contribution in [0.15, 0.2) is 37.0 Å². The van der Waals surface area contributed by atoms with Gasteiger partial charge in [0.1, 0.15) is 5.82 Å². The number of rotatable bonds is 4. The molecular weight excluding hydrogens is 176 g/mol. The monoisotopic (exact) mass is 194 g/mol. The fourth-order valence-electron chi connectivity index (χ4n) is 1.27. The lowest BCUT2D eigenvalue weighted by Crippen LogP contribution is -2.33. The van der Waals surface area contributed by atoms with Crippen molar-refractivity contribution < 1.29 is 0 Å². The molecule has 0 aromatic rings. The fraction of sp³-hybridized carbons (Fsp3) is 0.400. The molecule has 0 atom stereocenters. The first kappa shape index (κ1) is 10.8. The molecule has 0 unspecified atom stereocenters. The van der Waals surface area contributed by atoms with Crippen LogP contribution in [0.4, 0.5) is 0 Å². The van der Waals surface area contributed by atoms with Crippen molar-refractivity contribution in [3.8, 4) is 0 Å². The number of nitrogens with two attached hydrogens (primary N) is 1. The number of allylic oxidation sites excluding steroid dienone is 1. The summed E-state index contributed by atoms with van der Waals surface area (Å²) in [6, 6.07) is 0. The summed E-state index contributed by atoms with van der Waals surface area (Å²) >= 11 is 0. The summed E-state index contributed by atoms with van der Waals surface area (Å²) in [5.41, 5.74) is 0.877. The van der Waals surface area contributed by atoms with Crippen molar-refractivity contribution in [3.05, 3.63) is 37.0 Å². The topological polar surface area (TPSA) is 44.5 Å². The average molecular weight is 194 g/mol. The lowest BCUT2D eigenvalue weighted by Gasteiger charge is -2.28. The zero-order valence-electron chi connectivity index (χ0n) is 8.66. The smallest absolute Gasteiger partial charge is 0.102 e. The Morgan fingerprint density at radius 1 is 1.57 bits per heavy atom. The molecule has 1 aliphatic heterocycles. The molecule has 78 valence electrons. The lowest BCUT2D eigenvalue weighted by molar-refractivity contribution is 0.316. The third-order valence-corrected chi connectivity index (χ3v) is 2.02. The van der Waals surface area contributed by atoms with E-state index in [4.69, 9.17) is 5.84 Å². The molecule has 0 saturated carbocycles. The number of nitrogens with zero attached hydrogens (tertiary/aromatic N) is 2. The van der Waals surface area contributed by atoms with Crippen LogP contribution >= 0.6 is 0 Å². The molecule has 1 heterocycles. The maximum atomic E-state index is 5.51. The molecule has 0 fully saturated rings. The molecule has 14 heavy (non-hydrogen) atoms. The van der Waals surface area contributed by atoms with Gasteiger partial charge in [-0.15, -0.1) is 0 Å². The van der Waals surface area contributed by atoms with Gasteiger partial charge in [-0.2, -0.15) is 0 Å². The standard InChI is InChI=1S/C10H18N4/c1-9-5-8-14(10(2)12-9)7-4-6-13(3)11/h5,8,12H,1-2,4,6-7,11H2,3H3. The van der Waals surface area contributed by atoms with Crippen LogP contribution in [0.1, 0.15) is 6.42 Å². The quantitative estimate of drug-likeness (QED) is 0.508. The van der Waals surface area contributed by atoms with E-state index >= 15 is 0 Å². The summed E-state index contributed by atoms with van der Waals surface area (Å²) < 4.78 is 0. The molecule has 4 heteroatoms. The number of hydrogen-bond donors (Lipinski definition) is 2. The van der Waals surface area contributed by atoms with Crippen molar-refractivity contribution in [1.82, 2.24) is 15.2 Å². The number of nitrogens with one attached hydrogen (secondary N) is 1. The van der Waals surface area contributed by atoms with Crippen molar-refractivity contribution in [3.63, 3.8) is 0 Å². The first-order valence-corrected chi connectivity index (χ1v) is 4.65. The van der Waals surface area contributed by atoms with Crippen LogP contribution in [0.5, 0.6) is 0 Å².